The first-order chi connectivity index (χ1) is 30.3. The zero-order valence-electron chi connectivity index (χ0n) is 34.2. The standard InChI is InChI=1S/C25H25N5O3S.C20H18N4O3S/c1-32-19-5-16-8-26-7-15(16)4-18(19)29-22-21-17-3-2-14(6-20(17)34-23(21)28-13-27-22)24(31)30-9-25(10-30)11-33-12-25;1-27-15-5-12-8-21-7-11(12)4-14(15)24-18-17-13-3-2-10(20(25)26)6-16(13)28-19(17)23-9-22-18/h4-5,7,13-14H,2-3,6,8-12H2,1H3,(H,27,28,29);4-5,7,9-10H,2-3,6,8H2,1H3,(H,25,26)(H,22,23,24)/t14-;10-/m00/s1. The zero-order chi connectivity index (χ0) is 42.1. The summed E-state index contributed by atoms with van der Waals surface area (Å²) in [5.74, 6) is 2.34. The number of nitrogens with zero attached hydrogens (tertiary/aromatic N) is 7. The normalized spacial score (nSPS) is 19.7. The number of aliphatic imine (C=N–C) groups is 2. The molecule has 0 radical (unpaired) electrons. The Morgan fingerprint density at radius 3 is 1.76 bits per heavy atom. The maximum Gasteiger partial charge on any atom is 0.306 e. The van der Waals surface area contributed by atoms with Gasteiger partial charge < -0.3 is 34.9 Å². The van der Waals surface area contributed by atoms with Crippen molar-refractivity contribution in [2.24, 2.45) is 27.2 Å². The van der Waals surface area contributed by atoms with Gasteiger partial charge in [0.15, 0.2) is 0 Å². The minimum Gasteiger partial charge on any atom is -0.495 e. The van der Waals surface area contributed by atoms with E-state index in [2.05, 4.69) is 46.6 Å². The van der Waals surface area contributed by atoms with Gasteiger partial charge in [-0.1, -0.05) is 0 Å². The molecule has 17 heteroatoms. The highest BCUT2D eigenvalue weighted by atomic mass is 32.1. The lowest BCUT2D eigenvalue weighted by Gasteiger charge is -2.55. The van der Waals surface area contributed by atoms with Crippen LogP contribution in [0.3, 0.4) is 0 Å². The van der Waals surface area contributed by atoms with Gasteiger partial charge in [-0.3, -0.25) is 19.6 Å². The second kappa shape index (κ2) is 15.4. The van der Waals surface area contributed by atoms with Gasteiger partial charge in [0.2, 0.25) is 5.91 Å². The summed E-state index contributed by atoms with van der Waals surface area (Å²) in [5, 5.41) is 18.3. The third kappa shape index (κ3) is 6.73. The van der Waals surface area contributed by atoms with Gasteiger partial charge in [-0.15, -0.1) is 22.7 Å². The first kappa shape index (κ1) is 38.9. The van der Waals surface area contributed by atoms with E-state index >= 15 is 0 Å². The molecule has 12 rings (SSSR count). The van der Waals surface area contributed by atoms with Crippen LogP contribution in [0.15, 0.2) is 46.9 Å². The summed E-state index contributed by atoms with van der Waals surface area (Å²) >= 11 is 3.26. The quantitative estimate of drug-likeness (QED) is 0.144. The van der Waals surface area contributed by atoms with Crippen molar-refractivity contribution in [1.82, 2.24) is 24.8 Å². The van der Waals surface area contributed by atoms with Gasteiger partial charge >= 0.3 is 5.97 Å². The van der Waals surface area contributed by atoms with Crippen LogP contribution >= 0.6 is 22.7 Å². The molecule has 6 aromatic rings. The van der Waals surface area contributed by atoms with E-state index in [1.165, 1.54) is 16.0 Å². The molecule has 1 spiro atoms. The third-order valence-electron chi connectivity index (χ3n) is 13.0. The Hall–Kier alpha value is -6.04. The largest absolute Gasteiger partial charge is 0.495 e. The number of carbonyl (C=O) groups excluding carboxylic acids is 1. The first-order valence-corrected chi connectivity index (χ1v) is 22.4. The van der Waals surface area contributed by atoms with E-state index in [1.807, 2.05) is 35.5 Å². The Bertz CT molecular complexity index is 2880. The van der Waals surface area contributed by atoms with Crippen LogP contribution in [0.1, 0.15) is 56.0 Å². The molecule has 0 bridgehead atoms. The average molecular weight is 870 g/mol. The molecule has 1 amide bonds. The van der Waals surface area contributed by atoms with Crippen LogP contribution in [0.2, 0.25) is 0 Å². The highest BCUT2D eigenvalue weighted by Crippen LogP contribution is 2.45. The molecule has 2 saturated heterocycles. The number of thiophene rings is 2. The number of ether oxygens (including phenoxy) is 3. The molecule has 62 heavy (non-hydrogen) atoms. The molecule has 4 aliphatic heterocycles. The summed E-state index contributed by atoms with van der Waals surface area (Å²) in [6.07, 6.45) is 11.4. The Morgan fingerprint density at radius 2 is 1.27 bits per heavy atom. The number of nitrogens with one attached hydrogen (secondary N) is 2. The fraction of sp³-hybridized carbons (Fsp3) is 0.378. The smallest absolute Gasteiger partial charge is 0.306 e. The van der Waals surface area contributed by atoms with Crippen molar-refractivity contribution in [3.8, 4) is 11.5 Å². The summed E-state index contributed by atoms with van der Waals surface area (Å²) in [6, 6.07) is 8.14. The van der Waals surface area contributed by atoms with Gasteiger partial charge in [0.05, 0.1) is 74.0 Å². The highest BCUT2D eigenvalue weighted by molar-refractivity contribution is 7.19. The molecule has 4 aromatic heterocycles. The number of hydrogen-bond acceptors (Lipinski definition) is 15. The van der Waals surface area contributed by atoms with Gasteiger partial charge in [-0.25, -0.2) is 19.9 Å². The lowest BCUT2D eigenvalue weighted by atomic mass is 9.76. The molecule has 316 valence electrons. The average Bonchev–Trinajstić information content (AvgIpc) is 4.06. The van der Waals surface area contributed by atoms with Crippen molar-refractivity contribution < 1.29 is 28.9 Å². The SMILES string of the molecule is COc1cc2c(cc1Nc1ncnc3sc4c(c13)CC[C@H](C(=O)N1CC3(COC3)C1)C4)C=NC2.COc1cc2c(cc1Nc1ncnc3sc4c(c13)CC[C@H](C(=O)O)C4)C=NC2. The van der Waals surface area contributed by atoms with Gasteiger partial charge in [0, 0.05) is 41.2 Å². The molecule has 0 unspecified atom stereocenters. The molecule has 0 saturated carbocycles. The maximum atomic E-state index is 13.1. The molecule has 6 aliphatic rings. The number of anilines is 4. The van der Waals surface area contributed by atoms with E-state index < -0.39 is 5.97 Å². The van der Waals surface area contributed by atoms with Crippen LogP contribution in [0.4, 0.5) is 23.0 Å². The van der Waals surface area contributed by atoms with Gasteiger partial charge in [0.25, 0.3) is 0 Å². The van der Waals surface area contributed by atoms with Crippen molar-refractivity contribution in [1.29, 1.82) is 0 Å². The predicted octanol–water partition coefficient (Wildman–Crippen LogP) is 6.91. The Kier molecular flexibility index (Phi) is 9.65. The highest BCUT2D eigenvalue weighted by Gasteiger charge is 2.51. The number of amides is 1. The number of likely N-dealkylation sites (tertiary alicyclic amines) is 1. The number of hydrogen-bond donors (Lipinski definition) is 3. The van der Waals surface area contributed by atoms with E-state index in [9.17, 15) is 14.7 Å². The van der Waals surface area contributed by atoms with Gasteiger partial charge in [0.1, 0.15) is 45.5 Å². The number of aryl methyl sites for hydroxylation is 2. The molecule has 3 N–H and O–H groups in total. The van der Waals surface area contributed by atoms with Crippen molar-refractivity contribution in [3.63, 3.8) is 0 Å². The number of carbonyl (C=O) groups is 2. The fourth-order valence-electron chi connectivity index (χ4n) is 9.65. The molecule has 2 atom stereocenters. The summed E-state index contributed by atoms with van der Waals surface area (Å²) in [6.45, 7) is 4.68. The van der Waals surface area contributed by atoms with Crippen LogP contribution < -0.4 is 20.1 Å². The second-order valence-electron chi connectivity index (χ2n) is 16.9. The van der Waals surface area contributed by atoms with Crippen molar-refractivity contribution in [2.45, 2.75) is 51.6 Å². The lowest BCUT2D eigenvalue weighted by Crippen LogP contribution is -2.68. The van der Waals surface area contributed by atoms with Crippen molar-refractivity contribution in [3.05, 3.63) is 80.1 Å². The molecule has 2 aromatic carbocycles. The fourth-order valence-corrected chi connectivity index (χ4v) is 12.2. The van der Waals surface area contributed by atoms with Crippen LogP contribution in [0, 0.1) is 17.3 Å². The number of benzene rings is 2. The Labute approximate surface area is 364 Å². The lowest BCUT2D eigenvalue weighted by molar-refractivity contribution is -0.197. The first-order valence-electron chi connectivity index (χ1n) is 20.8. The minimum atomic E-state index is -0.725. The molecular weight excluding hydrogens is 827 g/mol. The number of rotatable bonds is 8. The Balaban J connectivity index is 0.000000142. The minimum absolute atomic E-state index is 0.0550. The topological polar surface area (TPSA) is 186 Å². The van der Waals surface area contributed by atoms with Crippen molar-refractivity contribution in [2.75, 3.05) is 51.2 Å². The molecule has 2 fully saturated rings. The van der Waals surface area contributed by atoms with Crippen LogP contribution in [-0.2, 0) is 53.1 Å². The van der Waals surface area contributed by atoms with E-state index in [4.69, 9.17) is 14.2 Å². The maximum absolute atomic E-state index is 13.1. The zero-order valence-corrected chi connectivity index (χ0v) is 35.8. The number of carboxylic acids is 1. The van der Waals surface area contributed by atoms with E-state index in [-0.39, 0.29) is 17.3 Å². The van der Waals surface area contributed by atoms with Crippen LogP contribution in [0.5, 0.6) is 11.5 Å². The number of carboxylic acid groups (broad SMARTS) is 1. The summed E-state index contributed by atoms with van der Waals surface area (Å²) in [4.78, 5) is 57.5. The number of methoxy groups -OCH3 is 2. The molecule has 8 heterocycles. The van der Waals surface area contributed by atoms with E-state index in [0.717, 1.165) is 134 Å². The van der Waals surface area contributed by atoms with Crippen molar-refractivity contribution >= 4 is 90.4 Å². The summed E-state index contributed by atoms with van der Waals surface area (Å²) in [7, 11) is 3.33. The van der Waals surface area contributed by atoms with Crippen LogP contribution in [0.25, 0.3) is 20.4 Å². The monoisotopic (exact) mass is 869 g/mol. The van der Waals surface area contributed by atoms with Crippen LogP contribution in [-0.4, -0.2) is 94.8 Å². The molecule has 15 nitrogen and oxygen atoms in total. The number of fused-ring (bicyclic) bond motifs is 8. The molecule has 2 aliphatic carbocycles. The number of aliphatic carboxylic acids is 1. The second-order valence-corrected chi connectivity index (χ2v) is 19.1. The summed E-state index contributed by atoms with van der Waals surface area (Å²) in [5.41, 5.74) is 8.88. The third-order valence-corrected chi connectivity index (χ3v) is 15.3. The van der Waals surface area contributed by atoms with Gasteiger partial charge in [-0.05, 0) is 96.2 Å². The molecular formula is C45H43N9O6S2. The van der Waals surface area contributed by atoms with E-state index in [0.29, 0.717) is 31.8 Å². The van der Waals surface area contributed by atoms with E-state index in [1.54, 1.807) is 49.5 Å². The number of aromatic nitrogens is 4. The summed E-state index contributed by atoms with van der Waals surface area (Å²) < 4.78 is 16.6. The van der Waals surface area contributed by atoms with Gasteiger partial charge in [-0.2, -0.15) is 0 Å². The Morgan fingerprint density at radius 1 is 0.758 bits per heavy atom. The predicted molar refractivity (Wildman–Crippen MR) is 238 cm³/mol.